The SMILES string of the molecule is COC(COC(=O)c1ccc2nc[nH]c2c1)CN1CCC(c2cccc(OCc3cnc(Cl)s3)n2)CC1. The van der Waals surface area contributed by atoms with Gasteiger partial charge >= 0.3 is 5.97 Å². The number of carbonyl (C=O) groups excluding carboxylic acids is 1. The van der Waals surface area contributed by atoms with Crippen molar-refractivity contribution in [3.63, 3.8) is 0 Å². The summed E-state index contributed by atoms with van der Waals surface area (Å²) in [6.45, 7) is 3.13. The second-order valence-corrected chi connectivity index (χ2v) is 10.6. The third-order valence-electron chi connectivity index (χ3n) is 6.49. The van der Waals surface area contributed by atoms with E-state index in [1.807, 2.05) is 12.1 Å². The molecule has 1 unspecified atom stereocenters. The molecule has 1 saturated heterocycles. The summed E-state index contributed by atoms with van der Waals surface area (Å²) in [6.07, 6.45) is 5.10. The lowest BCUT2D eigenvalue weighted by Gasteiger charge is -2.33. The van der Waals surface area contributed by atoms with Gasteiger partial charge in [-0.3, -0.25) is 0 Å². The van der Waals surface area contributed by atoms with Crippen LogP contribution in [0, 0.1) is 0 Å². The predicted octanol–water partition coefficient (Wildman–Crippen LogP) is 4.70. The van der Waals surface area contributed by atoms with E-state index in [1.165, 1.54) is 11.3 Å². The number of aromatic amines is 1. The van der Waals surface area contributed by atoms with Crippen molar-refractivity contribution in [1.82, 2.24) is 24.8 Å². The number of imidazole rings is 1. The van der Waals surface area contributed by atoms with Crippen LogP contribution in [0.15, 0.2) is 48.9 Å². The monoisotopic (exact) mass is 541 g/mol. The Morgan fingerprint density at radius 2 is 2.11 bits per heavy atom. The standard InChI is InChI=1S/C26H28ClN5O4S/c1-34-19(14-36-25(33)18-5-6-22-23(11-18)30-16-29-22)13-32-9-7-17(8-10-32)21-3-2-4-24(31-21)35-15-20-12-28-26(27)37-20/h2-6,11-12,16-17,19H,7-10,13-15H2,1H3,(H,29,30). The molecule has 0 aliphatic carbocycles. The van der Waals surface area contributed by atoms with Crippen LogP contribution in [0.4, 0.5) is 0 Å². The summed E-state index contributed by atoms with van der Waals surface area (Å²) in [5.41, 5.74) is 3.15. The maximum Gasteiger partial charge on any atom is 0.338 e. The lowest BCUT2D eigenvalue weighted by molar-refractivity contribution is -0.00543. The number of hydrogen-bond acceptors (Lipinski definition) is 9. The molecule has 0 amide bonds. The number of hydrogen-bond donors (Lipinski definition) is 1. The van der Waals surface area contributed by atoms with E-state index in [0.717, 1.165) is 47.5 Å². The molecule has 4 aromatic rings. The Kier molecular flexibility index (Phi) is 8.30. The number of thiazole rings is 1. The number of carbonyl (C=O) groups is 1. The Morgan fingerprint density at radius 1 is 1.24 bits per heavy atom. The van der Waals surface area contributed by atoms with Crippen molar-refractivity contribution >= 4 is 39.9 Å². The molecule has 0 saturated carbocycles. The number of fused-ring (bicyclic) bond motifs is 1. The maximum absolute atomic E-state index is 12.5. The summed E-state index contributed by atoms with van der Waals surface area (Å²) in [5, 5.41) is 0. The van der Waals surface area contributed by atoms with Gasteiger partial charge in [0.15, 0.2) is 4.47 Å². The van der Waals surface area contributed by atoms with Crippen molar-refractivity contribution < 1.29 is 19.0 Å². The summed E-state index contributed by atoms with van der Waals surface area (Å²) in [7, 11) is 1.65. The van der Waals surface area contributed by atoms with Crippen molar-refractivity contribution in [2.45, 2.75) is 31.5 Å². The molecule has 0 bridgehead atoms. The van der Waals surface area contributed by atoms with Gasteiger partial charge in [0, 0.05) is 37.5 Å². The number of H-pyrrole nitrogens is 1. The van der Waals surface area contributed by atoms with Crippen LogP contribution in [0.5, 0.6) is 5.88 Å². The van der Waals surface area contributed by atoms with Crippen LogP contribution >= 0.6 is 22.9 Å². The Morgan fingerprint density at radius 3 is 2.89 bits per heavy atom. The summed E-state index contributed by atoms with van der Waals surface area (Å²) in [5.74, 6) is 0.607. The van der Waals surface area contributed by atoms with E-state index < -0.39 is 0 Å². The van der Waals surface area contributed by atoms with Gasteiger partial charge in [0.05, 0.1) is 27.8 Å². The number of halogens is 1. The molecule has 4 heterocycles. The zero-order valence-corrected chi connectivity index (χ0v) is 22.0. The van der Waals surface area contributed by atoms with E-state index in [4.69, 9.17) is 30.8 Å². The van der Waals surface area contributed by atoms with Crippen LogP contribution in [-0.2, 0) is 16.1 Å². The number of piperidine rings is 1. The molecule has 1 aromatic carbocycles. The summed E-state index contributed by atoms with van der Waals surface area (Å²) in [6, 6.07) is 11.2. The number of nitrogens with one attached hydrogen (secondary N) is 1. The molecule has 3 aromatic heterocycles. The zero-order valence-electron chi connectivity index (χ0n) is 20.4. The quantitative estimate of drug-likeness (QED) is 0.288. The minimum absolute atomic E-state index is 0.197. The first-order valence-electron chi connectivity index (χ1n) is 12.1. The van der Waals surface area contributed by atoms with Crippen LogP contribution in [0.1, 0.15) is 39.7 Å². The van der Waals surface area contributed by atoms with Gasteiger partial charge in [0.2, 0.25) is 5.88 Å². The first kappa shape index (κ1) is 25.6. The first-order valence-corrected chi connectivity index (χ1v) is 13.3. The molecule has 1 aliphatic heterocycles. The number of benzene rings is 1. The molecule has 37 heavy (non-hydrogen) atoms. The zero-order chi connectivity index (χ0) is 25.6. The van der Waals surface area contributed by atoms with Crippen LogP contribution in [0.25, 0.3) is 11.0 Å². The van der Waals surface area contributed by atoms with Gasteiger partial charge in [-0.1, -0.05) is 17.7 Å². The summed E-state index contributed by atoms with van der Waals surface area (Å²) in [4.78, 5) is 31.8. The Bertz CT molecular complexity index is 1340. The highest BCUT2D eigenvalue weighted by Gasteiger charge is 2.24. The number of methoxy groups -OCH3 is 1. The van der Waals surface area contributed by atoms with Gasteiger partial charge in [-0.25, -0.2) is 19.7 Å². The maximum atomic E-state index is 12.5. The Hall–Kier alpha value is -3.05. The smallest absolute Gasteiger partial charge is 0.338 e. The predicted molar refractivity (Wildman–Crippen MR) is 141 cm³/mol. The molecule has 1 N–H and O–H groups in total. The van der Waals surface area contributed by atoms with Gasteiger partial charge in [-0.15, -0.1) is 11.3 Å². The fraction of sp³-hybridized carbons (Fsp3) is 0.385. The molecule has 1 fully saturated rings. The summed E-state index contributed by atoms with van der Waals surface area (Å²) >= 11 is 7.30. The highest BCUT2D eigenvalue weighted by molar-refractivity contribution is 7.15. The third kappa shape index (κ3) is 6.64. The highest BCUT2D eigenvalue weighted by atomic mass is 35.5. The number of ether oxygens (including phenoxy) is 3. The van der Waals surface area contributed by atoms with Crippen molar-refractivity contribution in [1.29, 1.82) is 0 Å². The second-order valence-electron chi connectivity index (χ2n) is 8.93. The fourth-order valence-corrected chi connectivity index (χ4v) is 5.33. The van der Waals surface area contributed by atoms with E-state index in [1.54, 1.807) is 37.8 Å². The van der Waals surface area contributed by atoms with E-state index in [9.17, 15) is 4.79 Å². The Balaban J connectivity index is 1.08. The number of esters is 1. The molecule has 11 heteroatoms. The number of nitrogens with zero attached hydrogens (tertiary/aromatic N) is 4. The van der Waals surface area contributed by atoms with E-state index >= 15 is 0 Å². The largest absolute Gasteiger partial charge is 0.472 e. The molecule has 0 spiro atoms. The number of rotatable bonds is 10. The normalized spacial score (nSPS) is 15.6. The number of aromatic nitrogens is 4. The van der Waals surface area contributed by atoms with Gasteiger partial charge in [0.25, 0.3) is 0 Å². The minimum Gasteiger partial charge on any atom is -0.472 e. The van der Waals surface area contributed by atoms with Crippen LogP contribution in [0.3, 0.4) is 0 Å². The van der Waals surface area contributed by atoms with Crippen LogP contribution < -0.4 is 4.74 Å². The molecule has 1 atom stereocenters. The Labute approximate surface area is 223 Å². The topological polar surface area (TPSA) is 102 Å². The van der Waals surface area contributed by atoms with E-state index in [0.29, 0.717) is 35.0 Å². The van der Waals surface area contributed by atoms with Crippen molar-refractivity contribution in [3.05, 3.63) is 69.5 Å². The molecular weight excluding hydrogens is 514 g/mol. The van der Waals surface area contributed by atoms with Crippen molar-refractivity contribution in [3.8, 4) is 5.88 Å². The van der Waals surface area contributed by atoms with Gasteiger partial charge in [-0.2, -0.15) is 0 Å². The number of likely N-dealkylation sites (tertiary alicyclic amines) is 1. The van der Waals surface area contributed by atoms with E-state index in [-0.39, 0.29) is 18.7 Å². The third-order valence-corrected chi connectivity index (χ3v) is 7.58. The number of pyridine rings is 1. The second kappa shape index (κ2) is 12.0. The fourth-order valence-electron chi connectivity index (χ4n) is 4.44. The average Bonchev–Trinajstić information content (AvgIpc) is 3.58. The molecule has 194 valence electrons. The summed E-state index contributed by atoms with van der Waals surface area (Å²) < 4.78 is 17.5. The molecule has 5 rings (SSSR count). The average molecular weight is 542 g/mol. The minimum atomic E-state index is -0.371. The molecule has 9 nitrogen and oxygen atoms in total. The van der Waals surface area contributed by atoms with Crippen LogP contribution in [-0.4, -0.2) is 70.3 Å². The van der Waals surface area contributed by atoms with Crippen LogP contribution in [0.2, 0.25) is 4.47 Å². The lowest BCUT2D eigenvalue weighted by atomic mass is 9.93. The molecule has 0 radical (unpaired) electrons. The lowest BCUT2D eigenvalue weighted by Crippen LogP contribution is -2.41. The van der Waals surface area contributed by atoms with Gasteiger partial charge in [0.1, 0.15) is 19.3 Å². The molecular formula is C26H28ClN5O4S. The first-order chi connectivity index (χ1) is 18.1. The highest BCUT2D eigenvalue weighted by Crippen LogP contribution is 2.28. The van der Waals surface area contributed by atoms with Crippen molar-refractivity contribution in [2.24, 2.45) is 0 Å². The van der Waals surface area contributed by atoms with E-state index in [2.05, 4.69) is 25.9 Å². The van der Waals surface area contributed by atoms with Gasteiger partial charge in [-0.05, 0) is 50.2 Å². The van der Waals surface area contributed by atoms with Crippen molar-refractivity contribution in [2.75, 3.05) is 33.4 Å². The van der Waals surface area contributed by atoms with Gasteiger partial charge < -0.3 is 24.1 Å². The molecule has 1 aliphatic rings.